The molecule has 0 fully saturated rings. The Hall–Kier alpha value is -0.850. The minimum atomic E-state index is 1.07. The Bertz CT molecular complexity index is 186. The average molecular weight is 134 g/mol. The first-order valence-electron chi connectivity index (χ1n) is 3.61. The zero-order valence-corrected chi connectivity index (χ0v) is 6.46. The van der Waals surface area contributed by atoms with Crippen LogP contribution in [0.25, 0.3) is 0 Å². The van der Waals surface area contributed by atoms with Crippen molar-refractivity contribution in [2.45, 2.75) is 20.3 Å². The number of nitrogens with zero attached hydrogens (tertiary/aromatic N) is 1. The molecule has 1 radical (unpaired) electrons. The zero-order valence-electron chi connectivity index (χ0n) is 6.46. The molecule has 1 nitrogen and oxygen atoms in total. The summed E-state index contributed by atoms with van der Waals surface area (Å²) in [6.45, 7) is 4.15. The summed E-state index contributed by atoms with van der Waals surface area (Å²) in [7, 11) is 0. The van der Waals surface area contributed by atoms with Crippen molar-refractivity contribution < 1.29 is 0 Å². The van der Waals surface area contributed by atoms with Crippen molar-refractivity contribution in [3.63, 3.8) is 0 Å². The Morgan fingerprint density at radius 3 is 3.00 bits per heavy atom. The van der Waals surface area contributed by atoms with Crippen molar-refractivity contribution in [1.82, 2.24) is 4.98 Å². The number of hydrogen-bond donors (Lipinski definition) is 0. The Balaban J connectivity index is 2.87. The van der Waals surface area contributed by atoms with E-state index >= 15 is 0 Å². The van der Waals surface area contributed by atoms with Gasteiger partial charge in [-0.1, -0.05) is 13.8 Å². The molecule has 0 aliphatic rings. The second kappa shape index (κ2) is 3.35. The van der Waals surface area contributed by atoms with Gasteiger partial charge in [-0.2, -0.15) is 0 Å². The summed E-state index contributed by atoms with van der Waals surface area (Å²) in [6, 6.07) is 4.16. The Morgan fingerprint density at radius 2 is 2.40 bits per heavy atom. The zero-order chi connectivity index (χ0) is 7.40. The minimum absolute atomic E-state index is 1.07. The van der Waals surface area contributed by atoms with Crippen LogP contribution in [0.2, 0.25) is 0 Å². The largest absolute Gasteiger partial charge is 0.261 e. The van der Waals surface area contributed by atoms with Crippen LogP contribution in [0.1, 0.15) is 25.1 Å². The van der Waals surface area contributed by atoms with Crippen LogP contribution in [0.5, 0.6) is 0 Å². The molecule has 0 atom stereocenters. The maximum absolute atomic E-state index is 4.15. The van der Waals surface area contributed by atoms with Crippen LogP contribution in [0.15, 0.2) is 18.3 Å². The lowest BCUT2D eigenvalue weighted by Crippen LogP contribution is -1.86. The number of aryl methyl sites for hydroxylation is 1. The van der Waals surface area contributed by atoms with Crippen LogP contribution in [0.4, 0.5) is 0 Å². The van der Waals surface area contributed by atoms with Gasteiger partial charge >= 0.3 is 0 Å². The summed E-state index contributed by atoms with van der Waals surface area (Å²) in [4.78, 5) is 4.15. The highest BCUT2D eigenvalue weighted by Gasteiger charge is 1.91. The lowest BCUT2D eigenvalue weighted by molar-refractivity contribution is 1.09. The molecule has 0 aromatic carbocycles. The van der Waals surface area contributed by atoms with E-state index in [4.69, 9.17) is 0 Å². The molecule has 1 heteroatoms. The fourth-order valence-electron chi connectivity index (χ4n) is 0.872. The van der Waals surface area contributed by atoms with Gasteiger partial charge in [-0.15, -0.1) is 0 Å². The van der Waals surface area contributed by atoms with Gasteiger partial charge in [0.15, 0.2) is 0 Å². The summed E-state index contributed by atoms with van der Waals surface area (Å²) >= 11 is 0. The molecule has 0 amide bonds. The molecule has 0 aliphatic heterocycles. The van der Waals surface area contributed by atoms with Gasteiger partial charge in [0.05, 0.1) is 0 Å². The SMILES string of the molecule is C[CH]c1cc(CC)ccn1. The summed E-state index contributed by atoms with van der Waals surface area (Å²) in [5.74, 6) is 0. The first kappa shape index (κ1) is 7.26. The fraction of sp³-hybridized carbons (Fsp3) is 0.333. The van der Waals surface area contributed by atoms with Crippen LogP contribution < -0.4 is 0 Å². The molecule has 53 valence electrons. The number of pyridine rings is 1. The molecular formula is C9H12N. The third-order valence-corrected chi connectivity index (χ3v) is 1.55. The molecule has 0 bridgehead atoms. The molecule has 0 N–H and O–H groups in total. The third kappa shape index (κ3) is 1.56. The van der Waals surface area contributed by atoms with E-state index in [0.29, 0.717) is 0 Å². The molecule has 1 aromatic heterocycles. The van der Waals surface area contributed by atoms with E-state index in [1.54, 1.807) is 0 Å². The molecule has 0 aliphatic carbocycles. The van der Waals surface area contributed by atoms with Crippen LogP contribution in [-0.4, -0.2) is 4.98 Å². The van der Waals surface area contributed by atoms with Crippen LogP contribution in [0, 0.1) is 6.42 Å². The van der Waals surface area contributed by atoms with Gasteiger partial charge in [-0.25, -0.2) is 0 Å². The van der Waals surface area contributed by atoms with Gasteiger partial charge in [-0.3, -0.25) is 4.98 Å². The van der Waals surface area contributed by atoms with E-state index < -0.39 is 0 Å². The smallest absolute Gasteiger partial charge is 0.0441 e. The van der Waals surface area contributed by atoms with E-state index in [-0.39, 0.29) is 0 Å². The van der Waals surface area contributed by atoms with Gasteiger partial charge in [0.2, 0.25) is 0 Å². The van der Waals surface area contributed by atoms with Crippen LogP contribution >= 0.6 is 0 Å². The lowest BCUT2D eigenvalue weighted by atomic mass is 10.1. The normalized spacial score (nSPS) is 9.80. The summed E-state index contributed by atoms with van der Waals surface area (Å²) < 4.78 is 0. The van der Waals surface area contributed by atoms with E-state index in [1.807, 2.05) is 25.6 Å². The molecule has 1 heterocycles. The predicted molar refractivity (Wildman–Crippen MR) is 42.7 cm³/mol. The number of rotatable bonds is 2. The first-order chi connectivity index (χ1) is 4.86. The van der Waals surface area contributed by atoms with Crippen molar-refractivity contribution in [2.75, 3.05) is 0 Å². The molecule has 1 aromatic rings. The Kier molecular flexibility index (Phi) is 2.43. The molecule has 0 saturated heterocycles. The monoisotopic (exact) mass is 134 g/mol. The third-order valence-electron chi connectivity index (χ3n) is 1.55. The average Bonchev–Trinajstić information content (AvgIpc) is 2.05. The summed E-state index contributed by atoms with van der Waals surface area (Å²) in [5, 5.41) is 0. The minimum Gasteiger partial charge on any atom is -0.261 e. The highest BCUT2D eigenvalue weighted by molar-refractivity contribution is 5.20. The Morgan fingerprint density at radius 1 is 1.60 bits per heavy atom. The van der Waals surface area contributed by atoms with Crippen molar-refractivity contribution >= 4 is 0 Å². The van der Waals surface area contributed by atoms with E-state index in [2.05, 4.69) is 18.0 Å². The molecule has 0 unspecified atom stereocenters. The number of hydrogen-bond acceptors (Lipinski definition) is 1. The van der Waals surface area contributed by atoms with Gasteiger partial charge in [0.1, 0.15) is 0 Å². The molecule has 0 spiro atoms. The van der Waals surface area contributed by atoms with E-state index in [0.717, 1.165) is 12.1 Å². The highest BCUT2D eigenvalue weighted by atomic mass is 14.7. The maximum Gasteiger partial charge on any atom is 0.0441 e. The second-order valence-electron chi connectivity index (χ2n) is 2.23. The van der Waals surface area contributed by atoms with Gasteiger partial charge in [0, 0.05) is 18.3 Å². The topological polar surface area (TPSA) is 12.9 Å². The maximum atomic E-state index is 4.15. The van der Waals surface area contributed by atoms with Crippen molar-refractivity contribution in [3.05, 3.63) is 36.0 Å². The lowest BCUT2D eigenvalue weighted by Gasteiger charge is -1.97. The fourth-order valence-corrected chi connectivity index (χ4v) is 0.872. The molecule has 0 saturated carbocycles. The van der Waals surface area contributed by atoms with Crippen LogP contribution in [0.3, 0.4) is 0 Å². The summed E-state index contributed by atoms with van der Waals surface area (Å²) in [5.41, 5.74) is 2.42. The van der Waals surface area contributed by atoms with Crippen molar-refractivity contribution in [3.8, 4) is 0 Å². The van der Waals surface area contributed by atoms with E-state index in [1.165, 1.54) is 5.56 Å². The second-order valence-corrected chi connectivity index (χ2v) is 2.23. The van der Waals surface area contributed by atoms with Crippen molar-refractivity contribution in [2.24, 2.45) is 0 Å². The Labute approximate surface area is 62.1 Å². The molecular weight excluding hydrogens is 122 g/mol. The van der Waals surface area contributed by atoms with Crippen molar-refractivity contribution in [1.29, 1.82) is 0 Å². The van der Waals surface area contributed by atoms with Gasteiger partial charge in [-0.05, 0) is 24.1 Å². The van der Waals surface area contributed by atoms with E-state index in [9.17, 15) is 0 Å². The van der Waals surface area contributed by atoms with Crippen LogP contribution in [-0.2, 0) is 6.42 Å². The standard InChI is InChI=1S/C9H12N/c1-3-8-5-6-10-9(4-2)7-8/h4-7H,3H2,1-2H3. The highest BCUT2D eigenvalue weighted by Crippen LogP contribution is 2.03. The predicted octanol–water partition coefficient (Wildman–Crippen LogP) is 2.22. The molecule has 10 heavy (non-hydrogen) atoms. The summed E-state index contributed by atoms with van der Waals surface area (Å²) in [6.07, 6.45) is 4.96. The quantitative estimate of drug-likeness (QED) is 0.604. The number of aromatic nitrogens is 1. The van der Waals surface area contributed by atoms with Gasteiger partial charge < -0.3 is 0 Å². The van der Waals surface area contributed by atoms with Gasteiger partial charge in [0.25, 0.3) is 0 Å². The molecule has 1 rings (SSSR count). The first-order valence-corrected chi connectivity index (χ1v) is 3.61.